The van der Waals surface area contributed by atoms with E-state index < -0.39 is 9.84 Å². The van der Waals surface area contributed by atoms with Crippen LogP contribution in [-0.4, -0.2) is 13.4 Å². The molecule has 0 spiro atoms. The predicted octanol–water partition coefficient (Wildman–Crippen LogP) is 2.55. The van der Waals surface area contributed by atoms with Gasteiger partial charge in [0.15, 0.2) is 9.84 Å². The first kappa shape index (κ1) is 13.6. The molecule has 3 nitrogen and oxygen atoms in total. The van der Waals surface area contributed by atoms with Crippen molar-refractivity contribution in [1.82, 2.24) is 4.98 Å². The molecule has 0 aliphatic heterocycles. The predicted molar refractivity (Wildman–Crippen MR) is 62.8 cm³/mol. The Morgan fingerprint density at radius 2 is 1.40 bits per heavy atom. The molecule has 4 heteroatoms. The van der Waals surface area contributed by atoms with Gasteiger partial charge in [-0.25, -0.2) is 8.42 Å². The van der Waals surface area contributed by atoms with Crippen LogP contribution in [0.25, 0.3) is 0 Å². The van der Waals surface area contributed by atoms with Crippen LogP contribution >= 0.6 is 0 Å². The van der Waals surface area contributed by atoms with Gasteiger partial charge >= 0.3 is 0 Å². The summed E-state index contributed by atoms with van der Waals surface area (Å²) < 4.78 is 21.3. The van der Waals surface area contributed by atoms with E-state index in [0.717, 1.165) is 10.8 Å². The molecule has 82 valence electrons. The van der Waals surface area contributed by atoms with Crippen molar-refractivity contribution < 1.29 is 8.42 Å². The van der Waals surface area contributed by atoms with Gasteiger partial charge in [-0.2, -0.15) is 0 Å². The number of aromatic nitrogens is 1. The highest BCUT2D eigenvalue weighted by Crippen LogP contribution is 1.93. The Labute approximate surface area is 91.1 Å². The molecule has 0 saturated carbocycles. The second-order valence-electron chi connectivity index (χ2n) is 2.55. The van der Waals surface area contributed by atoms with Gasteiger partial charge in [0.2, 0.25) is 0 Å². The fourth-order valence-electron chi connectivity index (χ4n) is 0.737. The zero-order chi connectivity index (χ0) is 11.6. The van der Waals surface area contributed by atoms with Crippen molar-refractivity contribution in [3.63, 3.8) is 0 Å². The summed E-state index contributed by atoms with van der Waals surface area (Å²) in [5.74, 6) is 0. The van der Waals surface area contributed by atoms with Crippen LogP contribution < -0.4 is 0 Å². The number of sulfone groups is 1. The van der Waals surface area contributed by atoms with E-state index >= 15 is 0 Å². The van der Waals surface area contributed by atoms with Gasteiger partial charge in [-0.05, 0) is 26.0 Å². The Balaban J connectivity index is 0.000000280. The number of hydrogen-bond acceptors (Lipinski definition) is 3. The molecule has 1 heterocycles. The summed E-state index contributed by atoms with van der Waals surface area (Å²) >= 11 is 0. The van der Waals surface area contributed by atoms with E-state index in [0.29, 0.717) is 0 Å². The molecule has 0 unspecified atom stereocenters. The lowest BCUT2D eigenvalue weighted by Crippen LogP contribution is -1.85. The van der Waals surface area contributed by atoms with Crippen LogP contribution in [0.2, 0.25) is 0 Å². The van der Waals surface area contributed by atoms with Gasteiger partial charge in [-0.15, -0.1) is 0 Å². The van der Waals surface area contributed by atoms with Gasteiger partial charge in [0, 0.05) is 23.2 Å². The molecule has 15 heavy (non-hydrogen) atoms. The lowest BCUT2D eigenvalue weighted by Gasteiger charge is -1.82. The van der Waals surface area contributed by atoms with Crippen LogP contribution in [-0.2, 0) is 9.84 Å². The lowest BCUT2D eigenvalue weighted by atomic mass is 10.5. The summed E-state index contributed by atoms with van der Waals surface area (Å²) in [7, 11) is -3.04. The molecule has 0 aromatic carbocycles. The third kappa shape index (κ3) is 8.90. The molecule has 1 rings (SSSR count). The van der Waals surface area contributed by atoms with Crippen molar-refractivity contribution in [3.05, 3.63) is 53.6 Å². The van der Waals surface area contributed by atoms with E-state index in [1.807, 2.05) is 18.2 Å². The van der Waals surface area contributed by atoms with E-state index in [-0.39, 0.29) is 0 Å². The number of nitrogens with zero attached hydrogens (tertiary/aromatic N) is 1. The van der Waals surface area contributed by atoms with Crippen LogP contribution in [0.1, 0.15) is 13.8 Å². The van der Waals surface area contributed by atoms with E-state index in [1.54, 1.807) is 26.2 Å². The Bertz CT molecular complexity index is 349. The molecule has 0 amide bonds. The van der Waals surface area contributed by atoms with Crippen LogP contribution in [0.4, 0.5) is 0 Å². The van der Waals surface area contributed by atoms with Crippen molar-refractivity contribution in [2.24, 2.45) is 0 Å². The van der Waals surface area contributed by atoms with Crippen molar-refractivity contribution >= 4 is 9.84 Å². The van der Waals surface area contributed by atoms with Crippen molar-refractivity contribution in [1.29, 1.82) is 0 Å². The zero-order valence-corrected chi connectivity index (χ0v) is 9.68. The Kier molecular flexibility index (Phi) is 7.18. The van der Waals surface area contributed by atoms with Gasteiger partial charge in [0.25, 0.3) is 0 Å². The Morgan fingerprint density at radius 1 is 0.933 bits per heavy atom. The summed E-state index contributed by atoms with van der Waals surface area (Å²) in [5.41, 5.74) is 0. The first-order valence-corrected chi connectivity index (χ1v) is 6.09. The largest absolute Gasteiger partial charge is 0.265 e. The summed E-state index contributed by atoms with van der Waals surface area (Å²) in [4.78, 5) is 3.78. The summed E-state index contributed by atoms with van der Waals surface area (Å²) in [6.45, 7) is 3.34. The minimum absolute atomic E-state index is 1.16. The highest BCUT2D eigenvalue weighted by atomic mass is 32.2. The van der Waals surface area contributed by atoms with E-state index in [4.69, 9.17) is 0 Å². The summed E-state index contributed by atoms with van der Waals surface area (Å²) in [6.07, 6.45) is 6.49. The van der Waals surface area contributed by atoms with Gasteiger partial charge in [-0.1, -0.05) is 18.2 Å². The van der Waals surface area contributed by atoms with Crippen LogP contribution in [0, 0.1) is 0 Å². The molecular formula is C11H15NO2S. The van der Waals surface area contributed by atoms with Gasteiger partial charge in [0.1, 0.15) is 0 Å². The number of rotatable bonds is 2. The normalized spacial score (nSPS) is 11.3. The number of pyridine rings is 1. The maximum Gasteiger partial charge on any atom is 0.192 e. The smallest absolute Gasteiger partial charge is 0.192 e. The maximum atomic E-state index is 10.7. The molecular weight excluding hydrogens is 210 g/mol. The highest BCUT2D eigenvalue weighted by molar-refractivity contribution is 7.97. The lowest BCUT2D eigenvalue weighted by molar-refractivity contribution is 0.612. The van der Waals surface area contributed by atoms with Gasteiger partial charge in [0.05, 0.1) is 0 Å². The summed E-state index contributed by atoms with van der Waals surface area (Å²) in [5, 5.41) is 2.32. The first-order chi connectivity index (χ1) is 7.12. The van der Waals surface area contributed by atoms with E-state index in [9.17, 15) is 8.42 Å². The van der Waals surface area contributed by atoms with Gasteiger partial charge < -0.3 is 0 Å². The Hall–Kier alpha value is -1.42. The average molecular weight is 225 g/mol. The summed E-state index contributed by atoms with van der Waals surface area (Å²) in [6, 6.07) is 5.72. The van der Waals surface area contributed by atoms with Crippen LogP contribution in [0.3, 0.4) is 0 Å². The molecule has 0 bridgehead atoms. The minimum Gasteiger partial charge on any atom is -0.265 e. The van der Waals surface area contributed by atoms with E-state index in [2.05, 4.69) is 4.98 Å². The monoisotopic (exact) mass is 225 g/mol. The maximum absolute atomic E-state index is 10.7. The molecule has 0 radical (unpaired) electrons. The highest BCUT2D eigenvalue weighted by Gasteiger charge is 1.94. The first-order valence-electron chi connectivity index (χ1n) is 4.48. The van der Waals surface area contributed by atoms with Crippen molar-refractivity contribution in [2.45, 2.75) is 13.8 Å². The van der Waals surface area contributed by atoms with Crippen LogP contribution in [0.15, 0.2) is 53.6 Å². The second-order valence-corrected chi connectivity index (χ2v) is 4.27. The van der Waals surface area contributed by atoms with Crippen LogP contribution in [0.5, 0.6) is 0 Å². The zero-order valence-electron chi connectivity index (χ0n) is 8.87. The van der Waals surface area contributed by atoms with Crippen molar-refractivity contribution in [2.75, 3.05) is 0 Å². The molecule has 1 aromatic heterocycles. The SMILES string of the molecule is CC=CS(=O)(=O)C=CC.c1ccncc1. The van der Waals surface area contributed by atoms with E-state index in [1.165, 1.54) is 12.2 Å². The molecule has 0 atom stereocenters. The molecule has 0 aliphatic rings. The Morgan fingerprint density at radius 3 is 1.60 bits per heavy atom. The fourth-order valence-corrected chi connectivity index (χ4v) is 1.59. The molecule has 0 N–H and O–H groups in total. The van der Waals surface area contributed by atoms with Crippen molar-refractivity contribution in [3.8, 4) is 0 Å². The number of hydrogen-bond donors (Lipinski definition) is 0. The third-order valence-corrected chi connectivity index (χ3v) is 2.52. The average Bonchev–Trinajstić information content (AvgIpc) is 2.21. The molecule has 1 aromatic rings. The topological polar surface area (TPSA) is 47.0 Å². The quantitative estimate of drug-likeness (QED) is 0.777. The molecule has 0 aliphatic carbocycles. The minimum atomic E-state index is -3.04. The number of allylic oxidation sites excluding steroid dienone is 2. The standard InChI is InChI=1S/C6H10O2S.C5H5N/c1-3-5-9(7,8)6-4-2;1-2-4-6-5-3-1/h3-6H,1-2H3;1-5H. The molecule has 0 fully saturated rings. The third-order valence-electron chi connectivity index (χ3n) is 1.22. The van der Waals surface area contributed by atoms with Gasteiger partial charge in [-0.3, -0.25) is 4.98 Å². The second kappa shape index (κ2) is 7.94. The molecule has 0 saturated heterocycles. The fraction of sp³-hybridized carbons (Fsp3) is 0.182.